The normalized spacial score (nSPS) is 10.7. The van der Waals surface area contributed by atoms with Gasteiger partial charge >= 0.3 is 0 Å². The Balaban J connectivity index is 0. The summed E-state index contributed by atoms with van der Waals surface area (Å²) >= 11 is 1.74. The van der Waals surface area contributed by atoms with Gasteiger partial charge in [0.25, 0.3) is 0 Å². The van der Waals surface area contributed by atoms with Gasteiger partial charge in [-0.25, -0.2) is 0 Å². The number of allylic oxidation sites excluding steroid dienone is 4. The van der Waals surface area contributed by atoms with Gasteiger partial charge in [-0.2, -0.15) is 0 Å². The Bertz CT molecular complexity index is 132. The van der Waals surface area contributed by atoms with E-state index in [1.54, 1.807) is 17.8 Å². The molecule has 0 unspecified atom stereocenters. The van der Waals surface area contributed by atoms with E-state index in [1.807, 2.05) is 32.9 Å². The summed E-state index contributed by atoms with van der Waals surface area (Å²) in [6.45, 7) is 9.60. The fourth-order valence-corrected chi connectivity index (χ4v) is 0.895. The summed E-state index contributed by atoms with van der Waals surface area (Å²) in [5.41, 5.74) is 0. The molecule has 0 aromatic heterocycles. The first-order valence-electron chi connectivity index (χ1n) is 3.84. The molecule has 64 valence electrons. The fourth-order valence-electron chi connectivity index (χ4n) is 0.445. The molecule has 0 rings (SSSR count). The van der Waals surface area contributed by atoms with Crippen molar-refractivity contribution in [3.05, 3.63) is 35.8 Å². The summed E-state index contributed by atoms with van der Waals surface area (Å²) in [7, 11) is 0. The average molecular weight is 170 g/mol. The van der Waals surface area contributed by atoms with Crippen LogP contribution in [0.5, 0.6) is 0 Å². The van der Waals surface area contributed by atoms with E-state index in [2.05, 4.69) is 18.9 Å². The van der Waals surface area contributed by atoms with E-state index in [4.69, 9.17) is 0 Å². The van der Waals surface area contributed by atoms with Crippen LogP contribution in [0.15, 0.2) is 35.8 Å². The summed E-state index contributed by atoms with van der Waals surface area (Å²) in [4.78, 5) is 1.27. The van der Waals surface area contributed by atoms with Gasteiger partial charge in [-0.1, -0.05) is 38.7 Å². The number of rotatable bonds is 3. The van der Waals surface area contributed by atoms with Crippen LogP contribution in [-0.2, 0) is 0 Å². The molecule has 0 aliphatic carbocycles. The zero-order valence-corrected chi connectivity index (χ0v) is 8.74. The van der Waals surface area contributed by atoms with E-state index in [9.17, 15) is 0 Å². The van der Waals surface area contributed by atoms with Crippen LogP contribution in [-0.4, -0.2) is 6.26 Å². The van der Waals surface area contributed by atoms with Crippen molar-refractivity contribution >= 4 is 11.8 Å². The van der Waals surface area contributed by atoms with Crippen molar-refractivity contribution in [3.63, 3.8) is 0 Å². The third kappa shape index (κ3) is 9.57. The molecule has 0 aliphatic heterocycles. The van der Waals surface area contributed by atoms with Crippen molar-refractivity contribution in [2.45, 2.75) is 20.8 Å². The Morgan fingerprint density at radius 2 is 1.91 bits per heavy atom. The quantitative estimate of drug-likeness (QED) is 0.576. The molecular formula is C10H18S. The maximum absolute atomic E-state index is 3.58. The number of thioether (sulfide) groups is 1. The summed E-state index contributed by atoms with van der Waals surface area (Å²) in [5.74, 6) is 0. The summed E-state index contributed by atoms with van der Waals surface area (Å²) in [6.07, 6.45) is 9.89. The molecule has 11 heavy (non-hydrogen) atoms. The lowest BCUT2D eigenvalue weighted by molar-refractivity contribution is 1.50. The van der Waals surface area contributed by atoms with E-state index in [0.29, 0.717) is 0 Å². The maximum Gasteiger partial charge on any atom is 0.00264 e. The van der Waals surface area contributed by atoms with Crippen LogP contribution in [0.25, 0.3) is 0 Å². The molecule has 0 amide bonds. The van der Waals surface area contributed by atoms with E-state index in [0.717, 1.165) is 0 Å². The molecule has 0 fully saturated rings. The Labute approximate surface area is 75.1 Å². The lowest BCUT2D eigenvalue weighted by atomic mass is 10.4. The molecule has 0 nitrogen and oxygen atoms in total. The summed E-state index contributed by atoms with van der Waals surface area (Å²) in [6, 6.07) is 0. The minimum atomic E-state index is 1.27. The minimum Gasteiger partial charge on any atom is -0.130 e. The molecule has 0 N–H and O–H groups in total. The number of hydrogen-bond acceptors (Lipinski definition) is 1. The molecular weight excluding hydrogens is 152 g/mol. The Morgan fingerprint density at radius 3 is 2.18 bits per heavy atom. The lowest BCUT2D eigenvalue weighted by Gasteiger charge is -1.90. The molecule has 0 bridgehead atoms. The second kappa shape index (κ2) is 12.3. The van der Waals surface area contributed by atoms with Gasteiger partial charge in [-0.3, -0.25) is 0 Å². The van der Waals surface area contributed by atoms with Crippen LogP contribution in [0.1, 0.15) is 20.8 Å². The molecule has 0 heterocycles. The second-order valence-electron chi connectivity index (χ2n) is 1.49. The van der Waals surface area contributed by atoms with Gasteiger partial charge in [0.2, 0.25) is 0 Å². The molecule has 0 saturated heterocycles. The molecule has 0 atom stereocenters. The molecule has 0 aliphatic rings. The van der Waals surface area contributed by atoms with Gasteiger partial charge < -0.3 is 0 Å². The van der Waals surface area contributed by atoms with Crippen molar-refractivity contribution in [2.24, 2.45) is 0 Å². The maximum atomic E-state index is 3.58. The highest BCUT2D eigenvalue weighted by molar-refractivity contribution is 8.02. The minimum absolute atomic E-state index is 1.27. The van der Waals surface area contributed by atoms with Crippen LogP contribution < -0.4 is 0 Å². The lowest BCUT2D eigenvalue weighted by Crippen LogP contribution is -1.63. The van der Waals surface area contributed by atoms with Crippen LogP contribution in [0.3, 0.4) is 0 Å². The van der Waals surface area contributed by atoms with Crippen molar-refractivity contribution in [3.8, 4) is 0 Å². The summed E-state index contributed by atoms with van der Waals surface area (Å²) in [5, 5.41) is 0. The van der Waals surface area contributed by atoms with Gasteiger partial charge in [-0.05, 0) is 19.3 Å². The third-order valence-electron chi connectivity index (χ3n) is 0.917. The summed E-state index contributed by atoms with van der Waals surface area (Å²) < 4.78 is 0. The van der Waals surface area contributed by atoms with Crippen LogP contribution >= 0.6 is 11.8 Å². The highest BCUT2D eigenvalue weighted by Gasteiger charge is 1.80. The smallest absolute Gasteiger partial charge is 0.00264 e. The fraction of sp³-hybridized carbons (Fsp3) is 0.400. The molecule has 1 heteroatoms. The van der Waals surface area contributed by atoms with Gasteiger partial charge in [0.1, 0.15) is 0 Å². The highest BCUT2D eigenvalue weighted by Crippen LogP contribution is 2.11. The molecule has 0 radical (unpaired) electrons. The molecule has 0 spiro atoms. The van der Waals surface area contributed by atoms with E-state index >= 15 is 0 Å². The topological polar surface area (TPSA) is 0 Å². The highest BCUT2D eigenvalue weighted by atomic mass is 32.2. The monoisotopic (exact) mass is 170 g/mol. The predicted octanol–water partition coefficient (Wildman–Crippen LogP) is 4.02. The Morgan fingerprint density at radius 1 is 1.36 bits per heavy atom. The Kier molecular flexibility index (Phi) is 14.7. The second-order valence-corrected chi connectivity index (χ2v) is 2.37. The van der Waals surface area contributed by atoms with Gasteiger partial charge in [0.05, 0.1) is 0 Å². The Hall–Kier alpha value is -0.430. The first-order chi connectivity index (χ1) is 5.35. The standard InChI is InChI=1S/C8H12S.C2H6/c1-4-6-7-8(5-2)9-3;1-2/h4-7H,1H2,2-3H3;1-2H3/b7-6-,8-5+;. The zero-order chi connectivity index (χ0) is 9.11. The van der Waals surface area contributed by atoms with Crippen molar-refractivity contribution < 1.29 is 0 Å². The molecule has 0 aromatic rings. The number of hydrogen-bond donors (Lipinski definition) is 0. The third-order valence-corrected chi connectivity index (χ3v) is 1.76. The SMILES string of the molecule is C=C/C=C\C(=C/C)SC.CC. The largest absolute Gasteiger partial charge is 0.130 e. The predicted molar refractivity (Wildman–Crippen MR) is 58.0 cm³/mol. The van der Waals surface area contributed by atoms with Crippen LogP contribution in [0.2, 0.25) is 0 Å². The first kappa shape index (κ1) is 13.2. The van der Waals surface area contributed by atoms with E-state index in [-0.39, 0.29) is 0 Å². The average Bonchev–Trinajstić information content (AvgIpc) is 2.10. The zero-order valence-electron chi connectivity index (χ0n) is 7.92. The van der Waals surface area contributed by atoms with Crippen molar-refractivity contribution in [2.75, 3.05) is 6.26 Å². The first-order valence-corrected chi connectivity index (χ1v) is 5.07. The van der Waals surface area contributed by atoms with E-state index < -0.39 is 0 Å². The van der Waals surface area contributed by atoms with Crippen LogP contribution in [0, 0.1) is 0 Å². The van der Waals surface area contributed by atoms with Gasteiger partial charge in [0.15, 0.2) is 0 Å². The molecule has 0 saturated carbocycles. The van der Waals surface area contributed by atoms with E-state index in [1.165, 1.54) is 4.91 Å². The molecule has 0 aromatic carbocycles. The van der Waals surface area contributed by atoms with Crippen molar-refractivity contribution in [1.82, 2.24) is 0 Å². The van der Waals surface area contributed by atoms with Gasteiger partial charge in [0, 0.05) is 4.91 Å². The van der Waals surface area contributed by atoms with Gasteiger partial charge in [-0.15, -0.1) is 11.8 Å². The van der Waals surface area contributed by atoms with Crippen LogP contribution in [0.4, 0.5) is 0 Å². The van der Waals surface area contributed by atoms with Crippen molar-refractivity contribution in [1.29, 1.82) is 0 Å².